The summed E-state index contributed by atoms with van der Waals surface area (Å²) in [6.07, 6.45) is 1.50. The number of hydrogen-bond donors (Lipinski definition) is 3. The summed E-state index contributed by atoms with van der Waals surface area (Å²) < 4.78 is 28.6. The van der Waals surface area contributed by atoms with Crippen molar-refractivity contribution in [2.45, 2.75) is 50.1 Å². The Morgan fingerprint density at radius 1 is 1.16 bits per heavy atom. The van der Waals surface area contributed by atoms with Crippen molar-refractivity contribution in [1.29, 1.82) is 0 Å². The zero-order chi connectivity index (χ0) is 25.1. The minimum absolute atomic E-state index is 0.0829. The van der Waals surface area contributed by atoms with Crippen molar-refractivity contribution in [3.63, 3.8) is 0 Å². The molecule has 2 heterocycles. The first kappa shape index (κ1) is 21.3. The van der Waals surface area contributed by atoms with E-state index in [0.29, 0.717) is 28.6 Å². The van der Waals surface area contributed by atoms with Crippen LogP contribution in [-0.2, 0) is 12.1 Å². The molecule has 3 rings (SSSR count). The van der Waals surface area contributed by atoms with Gasteiger partial charge >= 0.3 is 0 Å². The normalized spacial score (nSPS) is 12.9. The molecule has 0 amide bonds. The van der Waals surface area contributed by atoms with Crippen LogP contribution in [0.2, 0.25) is 0 Å². The fourth-order valence-corrected chi connectivity index (χ4v) is 4.57. The summed E-state index contributed by atoms with van der Waals surface area (Å²) >= 11 is 2.25. The van der Waals surface area contributed by atoms with E-state index in [-0.39, 0.29) is 23.4 Å². The number of methoxy groups -OCH3 is 1. The molecule has 32 heavy (non-hydrogen) atoms. The lowest BCUT2D eigenvalue weighted by atomic mass is 10.1. The average Bonchev–Trinajstić information content (AvgIpc) is 3.15. The Kier molecular flexibility index (Phi) is 6.90. The fraction of sp³-hybridized carbons (Fsp3) is 0.409. The molecule has 3 aromatic rings. The van der Waals surface area contributed by atoms with Gasteiger partial charge in [0.2, 0.25) is 0 Å². The van der Waals surface area contributed by atoms with Gasteiger partial charge in [0, 0.05) is 25.0 Å². The number of thiazole rings is 1. The van der Waals surface area contributed by atoms with Gasteiger partial charge in [0.1, 0.15) is 23.3 Å². The lowest BCUT2D eigenvalue weighted by Gasteiger charge is -2.19. The molecule has 0 spiro atoms. The van der Waals surface area contributed by atoms with E-state index in [1.807, 2.05) is 13.0 Å². The van der Waals surface area contributed by atoms with Crippen molar-refractivity contribution in [2.24, 2.45) is 0 Å². The Morgan fingerprint density at radius 2 is 1.88 bits per heavy atom. The number of thioether (sulfide) groups is 1. The van der Waals surface area contributed by atoms with Gasteiger partial charge < -0.3 is 26.0 Å². The predicted octanol–water partition coefficient (Wildman–Crippen LogP) is 4.17. The standard InChI is InChI=1S/C22H29N5O3S2/c1-5-6-17-14(11-31-21-26-18(23)10-19(24)27-21)25-20(32-17)13-7-8-15(29-4)16(9-13)30-12-22(2,3)28/h7-10,28H,5-6,11-12H2,1-4H3,(H4,23,24,26,27)/i11D2. The lowest BCUT2D eigenvalue weighted by molar-refractivity contribution is 0.0276. The molecule has 5 N–H and O–H groups in total. The highest BCUT2D eigenvalue weighted by Crippen LogP contribution is 2.37. The summed E-state index contributed by atoms with van der Waals surface area (Å²) in [5, 5.41) is 10.8. The molecule has 8 nitrogen and oxygen atoms in total. The highest BCUT2D eigenvalue weighted by atomic mass is 32.2. The zero-order valence-electron chi connectivity index (χ0n) is 20.5. The smallest absolute Gasteiger partial charge is 0.191 e. The van der Waals surface area contributed by atoms with Crippen LogP contribution in [0.5, 0.6) is 11.5 Å². The van der Waals surface area contributed by atoms with E-state index in [9.17, 15) is 5.11 Å². The molecule has 0 radical (unpaired) electrons. The molecule has 0 atom stereocenters. The van der Waals surface area contributed by atoms with Gasteiger partial charge in [0.15, 0.2) is 16.7 Å². The van der Waals surface area contributed by atoms with Gasteiger partial charge in [-0.25, -0.2) is 15.0 Å². The summed E-state index contributed by atoms with van der Waals surface area (Å²) in [7, 11) is 1.55. The van der Waals surface area contributed by atoms with E-state index in [1.54, 1.807) is 33.1 Å². The SMILES string of the molecule is [2H]C([2H])(Sc1nc(N)cc(N)n1)c1nc(-c2ccc(OC)c(OCC(C)(C)O)c2)sc1CCC. The molecule has 0 aliphatic heterocycles. The van der Waals surface area contributed by atoms with Crippen LogP contribution in [0.25, 0.3) is 10.6 Å². The Balaban J connectivity index is 1.98. The maximum atomic E-state index is 10.0. The number of nitrogens with zero attached hydrogens (tertiary/aromatic N) is 3. The highest BCUT2D eigenvalue weighted by molar-refractivity contribution is 7.98. The van der Waals surface area contributed by atoms with E-state index >= 15 is 0 Å². The first-order valence-electron chi connectivity index (χ1n) is 11.0. The quantitative estimate of drug-likeness (QED) is 0.291. The maximum absolute atomic E-state index is 10.0. The Hall–Kier alpha value is -2.56. The predicted molar refractivity (Wildman–Crippen MR) is 130 cm³/mol. The largest absolute Gasteiger partial charge is 0.493 e. The summed E-state index contributed by atoms with van der Waals surface area (Å²) in [5.74, 6) is 1.35. The average molecular weight is 478 g/mol. The molecular formula is C22H29N5O3S2. The molecule has 0 saturated heterocycles. The lowest BCUT2D eigenvalue weighted by Crippen LogP contribution is -2.27. The zero-order valence-corrected chi connectivity index (χ0v) is 20.1. The number of benzene rings is 1. The second-order valence-electron chi connectivity index (χ2n) is 7.71. The summed E-state index contributed by atoms with van der Waals surface area (Å²) in [6, 6.07) is 6.82. The first-order valence-corrected chi connectivity index (χ1v) is 11.7. The van der Waals surface area contributed by atoms with Crippen LogP contribution in [0.4, 0.5) is 11.6 Å². The van der Waals surface area contributed by atoms with Crippen LogP contribution in [0.15, 0.2) is 29.4 Å². The monoisotopic (exact) mass is 477 g/mol. The molecule has 0 aliphatic rings. The van der Waals surface area contributed by atoms with Gasteiger partial charge in [0.05, 0.1) is 18.4 Å². The molecular weight excluding hydrogens is 446 g/mol. The third-order valence-electron chi connectivity index (χ3n) is 4.15. The number of anilines is 2. The van der Waals surface area contributed by atoms with Crippen molar-refractivity contribution in [1.82, 2.24) is 15.0 Å². The number of rotatable bonds is 10. The summed E-state index contributed by atoms with van der Waals surface area (Å²) in [5.41, 5.74) is 9.64. The van der Waals surface area contributed by atoms with Crippen LogP contribution in [0, 0.1) is 0 Å². The summed E-state index contributed by atoms with van der Waals surface area (Å²) in [6.45, 7) is 5.43. The van der Waals surface area contributed by atoms with Crippen molar-refractivity contribution < 1.29 is 17.3 Å². The number of aryl methyl sites for hydroxylation is 1. The Bertz CT molecular complexity index is 1130. The van der Waals surface area contributed by atoms with Crippen molar-refractivity contribution >= 4 is 34.7 Å². The van der Waals surface area contributed by atoms with Crippen molar-refractivity contribution in [3.8, 4) is 22.1 Å². The molecule has 1 aromatic carbocycles. The van der Waals surface area contributed by atoms with E-state index in [1.165, 1.54) is 17.4 Å². The van der Waals surface area contributed by atoms with E-state index in [2.05, 4.69) is 15.0 Å². The van der Waals surface area contributed by atoms with E-state index in [0.717, 1.165) is 28.6 Å². The number of nitrogen functional groups attached to an aromatic ring is 2. The van der Waals surface area contributed by atoms with Crippen LogP contribution in [0.3, 0.4) is 0 Å². The molecule has 10 heteroatoms. The molecule has 0 fully saturated rings. The van der Waals surface area contributed by atoms with Gasteiger partial charge in [0.25, 0.3) is 0 Å². The number of aliphatic hydroxyl groups is 1. The van der Waals surface area contributed by atoms with Crippen LogP contribution < -0.4 is 20.9 Å². The van der Waals surface area contributed by atoms with Gasteiger partial charge in [-0.15, -0.1) is 11.3 Å². The first-order chi connectivity index (χ1) is 15.9. The van der Waals surface area contributed by atoms with Crippen LogP contribution in [0.1, 0.15) is 40.5 Å². The fourth-order valence-electron chi connectivity index (χ4n) is 2.73. The van der Waals surface area contributed by atoms with Gasteiger partial charge in [-0.3, -0.25) is 0 Å². The third kappa shape index (κ3) is 6.47. The second-order valence-corrected chi connectivity index (χ2v) is 9.57. The molecule has 0 aliphatic carbocycles. The minimum Gasteiger partial charge on any atom is -0.493 e. The molecule has 0 unspecified atom stereocenters. The topological polar surface area (TPSA) is 129 Å². The number of aromatic nitrogens is 3. The van der Waals surface area contributed by atoms with E-state index in [4.69, 9.17) is 23.7 Å². The Labute approximate surface area is 199 Å². The third-order valence-corrected chi connectivity index (χ3v) is 5.97. The van der Waals surface area contributed by atoms with Gasteiger partial charge in [-0.1, -0.05) is 25.1 Å². The van der Waals surface area contributed by atoms with Gasteiger partial charge in [-0.05, 0) is 38.5 Å². The van der Waals surface area contributed by atoms with Crippen molar-refractivity contribution in [3.05, 3.63) is 34.8 Å². The van der Waals surface area contributed by atoms with Crippen molar-refractivity contribution in [2.75, 3.05) is 25.2 Å². The number of nitrogens with two attached hydrogens (primary N) is 2. The minimum atomic E-state index is -1.91. The molecule has 2 aromatic heterocycles. The molecule has 0 bridgehead atoms. The molecule has 172 valence electrons. The van der Waals surface area contributed by atoms with Crippen LogP contribution in [-0.4, -0.2) is 39.4 Å². The second kappa shape index (κ2) is 10.4. The van der Waals surface area contributed by atoms with Gasteiger partial charge in [-0.2, -0.15) is 0 Å². The Morgan fingerprint density at radius 3 is 2.50 bits per heavy atom. The molecule has 0 saturated carbocycles. The highest BCUT2D eigenvalue weighted by Gasteiger charge is 2.18. The summed E-state index contributed by atoms with van der Waals surface area (Å²) in [4.78, 5) is 13.7. The van der Waals surface area contributed by atoms with E-state index < -0.39 is 11.3 Å². The number of hydrogen-bond acceptors (Lipinski definition) is 10. The van der Waals surface area contributed by atoms with Crippen LogP contribution >= 0.6 is 23.1 Å². The maximum Gasteiger partial charge on any atom is 0.191 e. The number of ether oxygens (including phenoxy) is 2.